The zero-order valence-corrected chi connectivity index (χ0v) is 17.8. The Morgan fingerprint density at radius 1 is 1.12 bits per heavy atom. The number of rotatable bonds is 4. The van der Waals surface area contributed by atoms with Gasteiger partial charge in [0.1, 0.15) is 0 Å². The zero-order valence-electron chi connectivity index (χ0n) is 15.4. The summed E-state index contributed by atoms with van der Waals surface area (Å²) in [5.74, 6) is 0. The van der Waals surface area contributed by atoms with E-state index in [0.717, 1.165) is 15.7 Å². The second-order valence-corrected chi connectivity index (χ2v) is 9.67. The first-order chi connectivity index (χ1) is 12.3. The molecule has 0 aromatic heterocycles. The molecule has 1 saturated heterocycles. The molecule has 3 rings (SSSR count). The fourth-order valence-electron chi connectivity index (χ4n) is 3.48. The topological polar surface area (TPSA) is 40.6 Å². The molecular weight excluding hydrogens is 412 g/mol. The Balaban J connectivity index is 1.83. The van der Waals surface area contributed by atoms with Crippen LogP contribution in [0.2, 0.25) is 0 Å². The van der Waals surface area contributed by atoms with Gasteiger partial charge in [-0.05, 0) is 56.2 Å². The number of hydrogen-bond acceptors (Lipinski definition) is 3. The molecule has 0 saturated carbocycles. The fourth-order valence-corrected chi connectivity index (χ4v) is 5.67. The third-order valence-corrected chi connectivity index (χ3v) is 7.44. The molecule has 1 aliphatic heterocycles. The van der Waals surface area contributed by atoms with Crippen molar-refractivity contribution in [3.8, 4) is 0 Å². The highest BCUT2D eigenvalue weighted by atomic mass is 79.9. The number of benzene rings is 2. The molecular formula is C20H25BrN2O2S. The van der Waals surface area contributed by atoms with E-state index in [-0.39, 0.29) is 6.04 Å². The van der Waals surface area contributed by atoms with E-state index in [9.17, 15) is 8.42 Å². The highest BCUT2D eigenvalue weighted by Crippen LogP contribution is 2.28. The van der Waals surface area contributed by atoms with Gasteiger partial charge in [0.15, 0.2) is 0 Å². The maximum Gasteiger partial charge on any atom is 0.243 e. The highest BCUT2D eigenvalue weighted by molar-refractivity contribution is 9.10. The molecule has 6 heteroatoms. The number of nitrogens with zero attached hydrogens (tertiary/aromatic N) is 2. The molecule has 2 aromatic carbocycles. The summed E-state index contributed by atoms with van der Waals surface area (Å²) in [4.78, 5) is 2.72. The molecule has 2 aromatic rings. The van der Waals surface area contributed by atoms with Crippen molar-refractivity contribution in [1.29, 1.82) is 0 Å². The molecule has 1 aliphatic rings. The van der Waals surface area contributed by atoms with Crippen molar-refractivity contribution < 1.29 is 8.42 Å². The van der Waals surface area contributed by atoms with Gasteiger partial charge in [0, 0.05) is 35.8 Å². The molecule has 0 amide bonds. The predicted molar refractivity (Wildman–Crippen MR) is 110 cm³/mol. The van der Waals surface area contributed by atoms with Gasteiger partial charge >= 0.3 is 0 Å². The van der Waals surface area contributed by atoms with Gasteiger partial charge in [-0.15, -0.1) is 0 Å². The first-order valence-electron chi connectivity index (χ1n) is 8.95. The van der Waals surface area contributed by atoms with E-state index in [0.29, 0.717) is 31.0 Å². The average Bonchev–Trinajstić information content (AvgIpc) is 2.62. The van der Waals surface area contributed by atoms with Crippen LogP contribution in [0.5, 0.6) is 0 Å². The molecule has 1 fully saturated rings. The molecule has 0 bridgehead atoms. The summed E-state index contributed by atoms with van der Waals surface area (Å²) < 4.78 is 28.9. The lowest BCUT2D eigenvalue weighted by atomic mass is 10.1. The quantitative estimate of drug-likeness (QED) is 0.719. The van der Waals surface area contributed by atoms with Crippen molar-refractivity contribution >= 4 is 31.6 Å². The largest absolute Gasteiger partial charge is 0.366 e. The van der Waals surface area contributed by atoms with Crippen LogP contribution in [0.25, 0.3) is 0 Å². The van der Waals surface area contributed by atoms with Gasteiger partial charge in [-0.1, -0.05) is 40.5 Å². The summed E-state index contributed by atoms with van der Waals surface area (Å²) >= 11 is 3.43. The summed E-state index contributed by atoms with van der Waals surface area (Å²) in [5.41, 5.74) is 3.23. The molecule has 1 atom stereocenters. The van der Waals surface area contributed by atoms with Crippen LogP contribution in [-0.2, 0) is 16.4 Å². The zero-order chi connectivity index (χ0) is 18.9. The first-order valence-corrected chi connectivity index (χ1v) is 11.2. The van der Waals surface area contributed by atoms with Crippen LogP contribution in [0.1, 0.15) is 25.0 Å². The lowest BCUT2D eigenvalue weighted by Gasteiger charge is -2.40. The summed E-state index contributed by atoms with van der Waals surface area (Å²) in [7, 11) is -3.48. The molecule has 140 valence electrons. The molecule has 0 radical (unpaired) electrons. The molecule has 0 N–H and O–H groups in total. The standard InChI is InChI=1S/C20H25BrN2O2S/c1-4-17-13-18(21)7-10-20(17)26(24,25)22-11-12-23(16(3)14-22)19-8-5-15(2)6-9-19/h5-10,13,16H,4,11-12,14H2,1-3H3. The Bertz CT molecular complexity index is 881. The lowest BCUT2D eigenvalue weighted by molar-refractivity contribution is 0.342. The van der Waals surface area contributed by atoms with Gasteiger partial charge in [0.25, 0.3) is 0 Å². The van der Waals surface area contributed by atoms with Gasteiger partial charge < -0.3 is 4.90 Å². The predicted octanol–water partition coefficient (Wildman–Crippen LogP) is 4.22. The van der Waals surface area contributed by atoms with Crippen molar-refractivity contribution in [1.82, 2.24) is 4.31 Å². The Morgan fingerprint density at radius 2 is 1.81 bits per heavy atom. The maximum absolute atomic E-state index is 13.2. The number of sulfonamides is 1. The van der Waals surface area contributed by atoms with Crippen molar-refractivity contribution in [3.05, 3.63) is 58.1 Å². The van der Waals surface area contributed by atoms with Crippen molar-refractivity contribution in [2.45, 2.75) is 38.1 Å². The average molecular weight is 437 g/mol. The summed E-state index contributed by atoms with van der Waals surface area (Å²) in [6.07, 6.45) is 0.687. The van der Waals surface area contributed by atoms with Gasteiger partial charge in [-0.2, -0.15) is 4.31 Å². The van der Waals surface area contributed by atoms with Gasteiger partial charge in [0.2, 0.25) is 10.0 Å². The Kier molecular flexibility index (Phi) is 5.75. The van der Waals surface area contributed by atoms with Crippen molar-refractivity contribution in [2.24, 2.45) is 0 Å². The van der Waals surface area contributed by atoms with Crippen LogP contribution in [-0.4, -0.2) is 38.4 Å². The lowest BCUT2D eigenvalue weighted by Crippen LogP contribution is -2.53. The summed E-state index contributed by atoms with van der Waals surface area (Å²) in [6, 6.07) is 14.0. The Labute approximate surface area is 165 Å². The third kappa shape index (κ3) is 3.82. The fraction of sp³-hybridized carbons (Fsp3) is 0.400. The van der Waals surface area contributed by atoms with Crippen LogP contribution in [0.4, 0.5) is 5.69 Å². The smallest absolute Gasteiger partial charge is 0.243 e. The Hall–Kier alpha value is -1.37. The molecule has 1 unspecified atom stereocenters. The minimum absolute atomic E-state index is 0.127. The van der Waals surface area contributed by atoms with E-state index < -0.39 is 10.0 Å². The summed E-state index contributed by atoms with van der Waals surface area (Å²) in [5, 5.41) is 0. The SMILES string of the molecule is CCc1cc(Br)ccc1S(=O)(=O)N1CCN(c2ccc(C)cc2)C(C)C1. The van der Waals surface area contributed by atoms with E-state index in [1.807, 2.05) is 13.0 Å². The van der Waals surface area contributed by atoms with Crippen LogP contribution >= 0.6 is 15.9 Å². The van der Waals surface area contributed by atoms with E-state index in [1.165, 1.54) is 5.56 Å². The monoisotopic (exact) mass is 436 g/mol. The van der Waals surface area contributed by atoms with Crippen molar-refractivity contribution in [2.75, 3.05) is 24.5 Å². The normalized spacial score (nSPS) is 18.9. The minimum Gasteiger partial charge on any atom is -0.366 e. The van der Waals surface area contributed by atoms with Crippen LogP contribution in [0.3, 0.4) is 0 Å². The van der Waals surface area contributed by atoms with Gasteiger partial charge in [0.05, 0.1) is 4.90 Å². The van der Waals surface area contributed by atoms with Gasteiger partial charge in [-0.25, -0.2) is 8.42 Å². The number of halogens is 1. The first kappa shape index (κ1) is 19.4. The number of anilines is 1. The van der Waals surface area contributed by atoms with Gasteiger partial charge in [-0.3, -0.25) is 0 Å². The van der Waals surface area contributed by atoms with E-state index >= 15 is 0 Å². The molecule has 0 aliphatic carbocycles. The van der Waals surface area contributed by atoms with Crippen LogP contribution in [0.15, 0.2) is 51.8 Å². The molecule has 1 heterocycles. The Morgan fingerprint density at radius 3 is 2.42 bits per heavy atom. The minimum atomic E-state index is -3.48. The number of piperazine rings is 1. The van der Waals surface area contributed by atoms with E-state index in [2.05, 4.69) is 58.9 Å². The second kappa shape index (κ2) is 7.71. The van der Waals surface area contributed by atoms with E-state index in [1.54, 1.807) is 16.4 Å². The van der Waals surface area contributed by atoms with Crippen LogP contribution < -0.4 is 4.90 Å². The third-order valence-electron chi connectivity index (χ3n) is 4.98. The van der Waals surface area contributed by atoms with Crippen molar-refractivity contribution in [3.63, 3.8) is 0 Å². The molecule has 4 nitrogen and oxygen atoms in total. The molecule has 26 heavy (non-hydrogen) atoms. The summed E-state index contributed by atoms with van der Waals surface area (Å²) in [6.45, 7) is 7.83. The van der Waals surface area contributed by atoms with Crippen LogP contribution in [0, 0.1) is 6.92 Å². The maximum atomic E-state index is 13.2. The highest BCUT2D eigenvalue weighted by Gasteiger charge is 2.33. The molecule has 0 spiro atoms. The number of aryl methyl sites for hydroxylation is 2. The van der Waals surface area contributed by atoms with E-state index in [4.69, 9.17) is 0 Å². The second-order valence-electron chi connectivity index (χ2n) is 6.85. The number of hydrogen-bond donors (Lipinski definition) is 0.